The Labute approximate surface area is 135 Å². The number of hydrogen-bond donors (Lipinski definition) is 0. The monoisotopic (exact) mass is 312 g/mol. The summed E-state index contributed by atoms with van der Waals surface area (Å²) in [5.41, 5.74) is 1.18. The molecule has 2 aliphatic carbocycles. The number of rotatable bonds is 5. The molecule has 2 saturated carbocycles. The van der Waals surface area contributed by atoms with E-state index in [1.165, 1.54) is 15.3 Å². The van der Waals surface area contributed by atoms with Gasteiger partial charge in [0.2, 0.25) is 5.91 Å². The molecule has 2 heterocycles. The van der Waals surface area contributed by atoms with Crippen molar-refractivity contribution in [1.29, 1.82) is 0 Å². The highest BCUT2D eigenvalue weighted by Crippen LogP contribution is 2.51. The summed E-state index contributed by atoms with van der Waals surface area (Å²) in [6.07, 6.45) is 6.95. The molecule has 2 fully saturated rings. The highest BCUT2D eigenvalue weighted by Gasteiger charge is 2.48. The van der Waals surface area contributed by atoms with E-state index in [1.54, 1.807) is 12.4 Å². The van der Waals surface area contributed by atoms with Gasteiger partial charge in [-0.15, -0.1) is 11.3 Å². The molecule has 0 bridgehead atoms. The second-order valence-electron chi connectivity index (χ2n) is 6.45. The Balaban J connectivity index is 1.46. The van der Waals surface area contributed by atoms with Gasteiger partial charge in [-0.05, 0) is 56.0 Å². The Morgan fingerprint density at radius 2 is 2.05 bits per heavy atom. The molecule has 2 aromatic rings. The van der Waals surface area contributed by atoms with Crippen LogP contribution in [0.15, 0.2) is 36.7 Å². The summed E-state index contributed by atoms with van der Waals surface area (Å²) < 4.78 is 0. The lowest BCUT2D eigenvalue weighted by atomic mass is 10.2. The van der Waals surface area contributed by atoms with Crippen LogP contribution in [0.5, 0.6) is 0 Å². The lowest BCUT2D eigenvalue weighted by Gasteiger charge is -2.22. The van der Waals surface area contributed by atoms with E-state index < -0.39 is 0 Å². The van der Waals surface area contributed by atoms with E-state index >= 15 is 0 Å². The van der Waals surface area contributed by atoms with Crippen molar-refractivity contribution >= 4 is 17.2 Å². The summed E-state index contributed by atoms with van der Waals surface area (Å²) in [6.45, 7) is 2.87. The van der Waals surface area contributed by atoms with Crippen LogP contribution in [0.1, 0.15) is 40.5 Å². The van der Waals surface area contributed by atoms with Crippen LogP contribution in [-0.4, -0.2) is 21.8 Å². The Hall–Kier alpha value is -1.68. The Bertz CT molecular complexity index is 677. The lowest BCUT2D eigenvalue weighted by Crippen LogP contribution is -2.34. The maximum absolute atomic E-state index is 12.9. The van der Waals surface area contributed by atoms with Crippen molar-refractivity contribution in [3.8, 4) is 0 Å². The molecular weight excluding hydrogens is 292 g/mol. The van der Waals surface area contributed by atoms with E-state index in [9.17, 15) is 4.79 Å². The molecular formula is C18H20N2OS. The van der Waals surface area contributed by atoms with Crippen molar-refractivity contribution in [2.24, 2.45) is 5.92 Å². The molecule has 0 aliphatic heterocycles. The first kappa shape index (κ1) is 13.9. The van der Waals surface area contributed by atoms with Gasteiger partial charge >= 0.3 is 0 Å². The van der Waals surface area contributed by atoms with E-state index in [2.05, 4.69) is 28.9 Å². The number of aromatic nitrogens is 1. The molecule has 0 radical (unpaired) electrons. The molecule has 0 N–H and O–H groups in total. The average Bonchev–Trinajstić information content (AvgIpc) is 3.44. The van der Waals surface area contributed by atoms with Crippen LogP contribution in [0.3, 0.4) is 0 Å². The standard InChI is InChI=1S/C18H20N2OS/c1-12-2-5-17(22-12)15-10-16(15)18(21)20(14-3-4-14)11-13-6-8-19-9-7-13/h2,5-9,14-16H,3-4,10-11H2,1H3/t15-,16+/m1/s1. The Morgan fingerprint density at radius 3 is 2.68 bits per heavy atom. The van der Waals surface area contributed by atoms with Crippen molar-refractivity contribution in [1.82, 2.24) is 9.88 Å². The van der Waals surface area contributed by atoms with Crippen molar-refractivity contribution in [2.45, 2.75) is 44.7 Å². The van der Waals surface area contributed by atoms with Gasteiger partial charge in [0.25, 0.3) is 0 Å². The zero-order chi connectivity index (χ0) is 15.1. The smallest absolute Gasteiger partial charge is 0.226 e. The maximum Gasteiger partial charge on any atom is 0.226 e. The fraction of sp³-hybridized carbons (Fsp3) is 0.444. The summed E-state index contributed by atoms with van der Waals surface area (Å²) in [6, 6.07) is 8.84. The van der Waals surface area contributed by atoms with Crippen LogP contribution in [0.4, 0.5) is 0 Å². The number of pyridine rings is 1. The molecule has 2 aromatic heterocycles. The highest BCUT2D eigenvalue weighted by molar-refractivity contribution is 7.12. The third kappa shape index (κ3) is 2.80. The van der Waals surface area contributed by atoms with Crippen LogP contribution in [0, 0.1) is 12.8 Å². The van der Waals surface area contributed by atoms with E-state index in [-0.39, 0.29) is 5.92 Å². The number of carbonyl (C=O) groups excluding carboxylic acids is 1. The van der Waals surface area contributed by atoms with E-state index in [4.69, 9.17) is 0 Å². The third-order valence-electron chi connectivity index (χ3n) is 4.61. The summed E-state index contributed by atoms with van der Waals surface area (Å²) in [5, 5.41) is 0. The quantitative estimate of drug-likeness (QED) is 0.842. The molecule has 4 heteroatoms. The zero-order valence-corrected chi connectivity index (χ0v) is 13.6. The first-order valence-electron chi connectivity index (χ1n) is 7.98. The van der Waals surface area contributed by atoms with Gasteiger partial charge in [-0.2, -0.15) is 0 Å². The van der Waals surface area contributed by atoms with Crippen molar-refractivity contribution in [2.75, 3.05) is 0 Å². The van der Waals surface area contributed by atoms with Gasteiger partial charge in [0, 0.05) is 46.6 Å². The van der Waals surface area contributed by atoms with E-state index in [0.717, 1.165) is 25.8 Å². The second kappa shape index (κ2) is 5.51. The molecule has 3 nitrogen and oxygen atoms in total. The fourth-order valence-electron chi connectivity index (χ4n) is 3.11. The van der Waals surface area contributed by atoms with Gasteiger partial charge < -0.3 is 4.90 Å². The van der Waals surface area contributed by atoms with Crippen LogP contribution in [-0.2, 0) is 11.3 Å². The summed E-state index contributed by atoms with van der Waals surface area (Å²) in [7, 11) is 0. The topological polar surface area (TPSA) is 33.2 Å². The SMILES string of the molecule is Cc1ccc([C@@H]2C[C@@H]2C(=O)N(Cc2ccncc2)C2CC2)s1. The molecule has 22 heavy (non-hydrogen) atoms. The molecule has 0 saturated heterocycles. The summed E-state index contributed by atoms with van der Waals surface area (Å²) in [4.78, 5) is 21.8. The largest absolute Gasteiger partial charge is 0.335 e. The molecule has 1 amide bonds. The second-order valence-corrected chi connectivity index (χ2v) is 7.77. The van der Waals surface area contributed by atoms with Crippen LogP contribution in [0.2, 0.25) is 0 Å². The Kier molecular flexibility index (Phi) is 3.49. The molecule has 0 unspecified atom stereocenters. The minimum atomic E-state index is 0.209. The molecule has 4 rings (SSSR count). The number of aryl methyl sites for hydroxylation is 1. The van der Waals surface area contributed by atoms with Gasteiger partial charge in [-0.25, -0.2) is 0 Å². The number of hydrogen-bond acceptors (Lipinski definition) is 3. The predicted molar refractivity (Wildman–Crippen MR) is 87.7 cm³/mol. The molecule has 2 atom stereocenters. The van der Waals surface area contributed by atoms with Gasteiger partial charge in [0.1, 0.15) is 0 Å². The number of carbonyl (C=O) groups is 1. The van der Waals surface area contributed by atoms with Crippen LogP contribution < -0.4 is 0 Å². The summed E-state index contributed by atoms with van der Waals surface area (Å²) >= 11 is 1.84. The first-order valence-corrected chi connectivity index (χ1v) is 8.80. The van der Waals surface area contributed by atoms with Crippen LogP contribution in [0.25, 0.3) is 0 Å². The third-order valence-corrected chi connectivity index (χ3v) is 5.74. The number of nitrogens with zero attached hydrogens (tertiary/aromatic N) is 2. The average molecular weight is 312 g/mol. The molecule has 114 valence electrons. The molecule has 0 aromatic carbocycles. The van der Waals surface area contributed by atoms with Crippen molar-refractivity contribution in [3.05, 3.63) is 52.0 Å². The summed E-state index contributed by atoms with van der Waals surface area (Å²) in [5.74, 6) is 1.03. The fourth-order valence-corrected chi connectivity index (χ4v) is 4.16. The van der Waals surface area contributed by atoms with Gasteiger partial charge in [0.15, 0.2) is 0 Å². The minimum absolute atomic E-state index is 0.209. The zero-order valence-electron chi connectivity index (χ0n) is 12.7. The van der Waals surface area contributed by atoms with Crippen molar-refractivity contribution in [3.63, 3.8) is 0 Å². The molecule has 0 spiro atoms. The highest BCUT2D eigenvalue weighted by atomic mass is 32.1. The van der Waals surface area contributed by atoms with Gasteiger partial charge in [-0.1, -0.05) is 0 Å². The van der Waals surface area contributed by atoms with Gasteiger partial charge in [-0.3, -0.25) is 9.78 Å². The predicted octanol–water partition coefficient (Wildman–Crippen LogP) is 3.75. The first-order chi connectivity index (χ1) is 10.7. The molecule has 2 aliphatic rings. The van der Waals surface area contributed by atoms with Gasteiger partial charge in [0.05, 0.1) is 0 Å². The van der Waals surface area contributed by atoms with E-state index in [0.29, 0.717) is 17.9 Å². The number of thiophene rings is 1. The van der Waals surface area contributed by atoms with Crippen molar-refractivity contribution < 1.29 is 4.79 Å². The van der Waals surface area contributed by atoms with E-state index in [1.807, 2.05) is 23.5 Å². The minimum Gasteiger partial charge on any atom is -0.335 e. The van der Waals surface area contributed by atoms with Crippen LogP contribution >= 0.6 is 11.3 Å². The maximum atomic E-state index is 12.9. The lowest BCUT2D eigenvalue weighted by molar-refractivity contribution is -0.133. The Morgan fingerprint density at radius 1 is 1.27 bits per heavy atom. The normalized spacial score (nSPS) is 23.3. The number of amides is 1.